The van der Waals surface area contributed by atoms with Gasteiger partial charge < -0.3 is 31.2 Å². The number of H-pyrrole nitrogens is 1. The molecule has 9 nitrogen and oxygen atoms in total. The van der Waals surface area contributed by atoms with Gasteiger partial charge in [0.15, 0.2) is 0 Å². The van der Waals surface area contributed by atoms with Crippen LogP contribution in [0.3, 0.4) is 0 Å². The molecular formula is C28H41N7O2. The van der Waals surface area contributed by atoms with Gasteiger partial charge in [-0.15, -0.1) is 0 Å². The van der Waals surface area contributed by atoms with Crippen LogP contribution in [-0.4, -0.2) is 65.3 Å². The van der Waals surface area contributed by atoms with Crippen LogP contribution in [0.15, 0.2) is 16.9 Å². The van der Waals surface area contributed by atoms with Gasteiger partial charge in [0.2, 0.25) is 0 Å². The number of piperidine rings is 2. The van der Waals surface area contributed by atoms with Crippen LogP contribution in [0.1, 0.15) is 83.9 Å². The van der Waals surface area contributed by atoms with Gasteiger partial charge in [-0.2, -0.15) is 0 Å². The number of anilines is 1. The molecule has 2 aliphatic heterocycles. The number of rotatable bonds is 8. The molecule has 200 valence electrons. The van der Waals surface area contributed by atoms with Gasteiger partial charge in [0.1, 0.15) is 5.82 Å². The summed E-state index contributed by atoms with van der Waals surface area (Å²) in [5.41, 5.74) is 3.76. The zero-order valence-electron chi connectivity index (χ0n) is 22.5. The van der Waals surface area contributed by atoms with Crippen molar-refractivity contribution in [3.63, 3.8) is 0 Å². The van der Waals surface area contributed by atoms with E-state index in [9.17, 15) is 9.59 Å². The van der Waals surface area contributed by atoms with Gasteiger partial charge in [-0.1, -0.05) is 0 Å². The molecule has 0 saturated carbocycles. The molecule has 2 aromatic rings. The van der Waals surface area contributed by atoms with Gasteiger partial charge in [0.05, 0.1) is 5.56 Å². The summed E-state index contributed by atoms with van der Waals surface area (Å²) in [6.07, 6.45) is 5.60. The van der Waals surface area contributed by atoms with Gasteiger partial charge in [0.25, 0.3) is 11.5 Å². The number of amides is 1. The first-order valence-electron chi connectivity index (χ1n) is 13.5. The molecule has 1 amide bonds. The lowest BCUT2D eigenvalue weighted by molar-refractivity contribution is 0.0950. The molecule has 0 aliphatic carbocycles. The molecule has 4 heterocycles. The smallest absolute Gasteiger partial charge is 0.253 e. The highest BCUT2D eigenvalue weighted by Gasteiger charge is 2.29. The average Bonchev–Trinajstić information content (AvgIpc) is 2.87. The van der Waals surface area contributed by atoms with E-state index in [-0.39, 0.29) is 30.0 Å². The van der Waals surface area contributed by atoms with Gasteiger partial charge in [0, 0.05) is 53.3 Å². The maximum Gasteiger partial charge on any atom is 0.253 e. The van der Waals surface area contributed by atoms with Gasteiger partial charge in [-0.3, -0.25) is 9.59 Å². The summed E-state index contributed by atoms with van der Waals surface area (Å²) in [5.74, 6) is 0.525. The first kappa shape index (κ1) is 27.0. The van der Waals surface area contributed by atoms with Crippen LogP contribution in [0.5, 0.6) is 0 Å². The molecule has 5 N–H and O–H groups in total. The fourth-order valence-corrected chi connectivity index (χ4v) is 5.60. The minimum atomic E-state index is -0.305. The predicted molar refractivity (Wildman–Crippen MR) is 148 cm³/mol. The quantitative estimate of drug-likeness (QED) is 0.350. The number of aryl methyl sites for hydroxylation is 2. The van der Waals surface area contributed by atoms with Crippen LogP contribution in [0.4, 0.5) is 5.82 Å². The number of carbonyl (C=O) groups excluding carboxylic acids is 1. The summed E-state index contributed by atoms with van der Waals surface area (Å²) in [4.78, 5) is 36.2. The molecule has 2 aromatic heterocycles. The number of aromatic amines is 1. The summed E-state index contributed by atoms with van der Waals surface area (Å²) >= 11 is 0. The lowest BCUT2D eigenvalue weighted by atomic mass is 9.89. The van der Waals surface area contributed by atoms with E-state index in [0.717, 1.165) is 56.0 Å². The van der Waals surface area contributed by atoms with Gasteiger partial charge in [-0.25, -0.2) is 4.98 Å². The van der Waals surface area contributed by atoms with Crippen molar-refractivity contribution in [2.75, 3.05) is 31.5 Å². The molecule has 2 saturated heterocycles. The minimum absolute atomic E-state index is 0.105. The lowest BCUT2D eigenvalue weighted by Crippen LogP contribution is -2.46. The second kappa shape index (κ2) is 12.0. The maximum absolute atomic E-state index is 13.4. The molecule has 0 bridgehead atoms. The second-order valence-electron chi connectivity index (χ2n) is 10.7. The van der Waals surface area contributed by atoms with Crippen molar-refractivity contribution in [1.29, 1.82) is 5.41 Å². The topological polar surface area (TPSA) is 126 Å². The van der Waals surface area contributed by atoms with Crippen LogP contribution < -0.4 is 21.5 Å². The molecule has 9 heteroatoms. The monoisotopic (exact) mass is 507 g/mol. The van der Waals surface area contributed by atoms with Crippen LogP contribution in [0, 0.1) is 19.3 Å². The van der Waals surface area contributed by atoms with Crippen molar-refractivity contribution in [2.45, 2.75) is 77.9 Å². The van der Waals surface area contributed by atoms with E-state index in [1.54, 1.807) is 0 Å². The number of nitrogens with one attached hydrogen (secondary N) is 5. The number of aromatic nitrogens is 2. The standard InChI is InChI=1S/C28H41N7O2/c1-17(2)32-26-23(15-29)22(27(36)31-16-24-18(3)13-19(4)33-28(24)37)14-25(34-26)20-7-11-35(12-8-20)21-5-9-30-10-6-21/h13-15,17,20-21,29-30H,5-12,16H2,1-4H3,(H,31,36)(H,32,34)(H,33,37). The fraction of sp³-hybridized carbons (Fsp3) is 0.571. The first-order chi connectivity index (χ1) is 17.8. The molecule has 37 heavy (non-hydrogen) atoms. The minimum Gasteiger partial charge on any atom is -0.367 e. The molecule has 0 aromatic carbocycles. The predicted octanol–water partition coefficient (Wildman–Crippen LogP) is 3.07. The second-order valence-corrected chi connectivity index (χ2v) is 10.7. The molecule has 0 radical (unpaired) electrons. The van der Waals surface area contributed by atoms with E-state index in [2.05, 4.69) is 25.8 Å². The highest BCUT2D eigenvalue weighted by atomic mass is 16.1. The Morgan fingerprint density at radius 1 is 1.19 bits per heavy atom. The Kier molecular flexibility index (Phi) is 8.76. The third-order valence-corrected chi connectivity index (χ3v) is 7.59. The third-order valence-electron chi connectivity index (χ3n) is 7.59. The van der Waals surface area contributed by atoms with Crippen molar-refractivity contribution in [1.82, 2.24) is 25.5 Å². The van der Waals surface area contributed by atoms with Crippen molar-refractivity contribution >= 4 is 17.9 Å². The molecule has 4 rings (SSSR count). The van der Waals surface area contributed by atoms with Crippen LogP contribution in [-0.2, 0) is 6.54 Å². The highest BCUT2D eigenvalue weighted by molar-refractivity contribution is 6.04. The molecule has 2 aliphatic rings. The Hall–Kier alpha value is -3.04. The zero-order valence-corrected chi connectivity index (χ0v) is 22.5. The summed E-state index contributed by atoms with van der Waals surface area (Å²) in [7, 11) is 0. The van der Waals surface area contributed by atoms with Crippen molar-refractivity contribution < 1.29 is 4.79 Å². The third kappa shape index (κ3) is 6.45. The van der Waals surface area contributed by atoms with E-state index in [0.29, 0.717) is 28.6 Å². The van der Waals surface area contributed by atoms with E-state index in [4.69, 9.17) is 10.4 Å². The Morgan fingerprint density at radius 3 is 2.51 bits per heavy atom. The lowest BCUT2D eigenvalue weighted by Gasteiger charge is -2.39. The Bertz CT molecular complexity index is 1180. The number of hydrogen-bond acceptors (Lipinski definition) is 7. The van der Waals surface area contributed by atoms with E-state index in [1.165, 1.54) is 19.1 Å². The fourth-order valence-electron chi connectivity index (χ4n) is 5.60. The highest BCUT2D eigenvalue weighted by Crippen LogP contribution is 2.32. The van der Waals surface area contributed by atoms with Gasteiger partial charge in [-0.05, 0) is 97.3 Å². The average molecular weight is 508 g/mol. The maximum atomic E-state index is 13.4. The number of pyridine rings is 2. The summed E-state index contributed by atoms with van der Waals surface area (Å²) in [5, 5.41) is 17.8. The molecule has 0 atom stereocenters. The molecule has 2 fully saturated rings. The largest absolute Gasteiger partial charge is 0.367 e. The summed E-state index contributed by atoms with van der Waals surface area (Å²) in [6, 6.07) is 4.52. The molecular weight excluding hydrogens is 466 g/mol. The number of carbonyl (C=O) groups is 1. The Morgan fingerprint density at radius 2 is 1.89 bits per heavy atom. The Labute approximate surface area is 219 Å². The number of nitrogens with zero attached hydrogens (tertiary/aromatic N) is 2. The number of hydrogen-bond donors (Lipinski definition) is 5. The SMILES string of the molecule is Cc1cc(C)c(CNC(=O)c2cc(C3CCN(C4CCNCC4)CC3)nc(NC(C)C)c2C=N)c(=O)[nH]1. The van der Waals surface area contributed by atoms with Crippen LogP contribution in [0.25, 0.3) is 0 Å². The van der Waals surface area contributed by atoms with E-state index < -0.39 is 0 Å². The molecule has 0 spiro atoms. The van der Waals surface area contributed by atoms with Crippen LogP contribution in [0.2, 0.25) is 0 Å². The molecule has 0 unspecified atom stereocenters. The van der Waals surface area contributed by atoms with E-state index in [1.807, 2.05) is 39.8 Å². The normalized spacial score (nSPS) is 17.6. The van der Waals surface area contributed by atoms with Crippen molar-refractivity contribution in [3.8, 4) is 0 Å². The van der Waals surface area contributed by atoms with Crippen molar-refractivity contribution in [3.05, 3.63) is 56.1 Å². The zero-order chi connectivity index (χ0) is 26.5. The van der Waals surface area contributed by atoms with Gasteiger partial charge >= 0.3 is 0 Å². The van der Waals surface area contributed by atoms with E-state index >= 15 is 0 Å². The van der Waals surface area contributed by atoms with Crippen molar-refractivity contribution in [2.24, 2.45) is 0 Å². The Balaban J connectivity index is 1.56. The summed E-state index contributed by atoms with van der Waals surface area (Å²) in [6.45, 7) is 12.1. The first-order valence-corrected chi connectivity index (χ1v) is 13.5. The summed E-state index contributed by atoms with van der Waals surface area (Å²) < 4.78 is 0. The van der Waals surface area contributed by atoms with Crippen LogP contribution >= 0.6 is 0 Å². The number of likely N-dealkylation sites (tertiary alicyclic amines) is 1.